The lowest BCUT2D eigenvalue weighted by molar-refractivity contribution is 0.305. The summed E-state index contributed by atoms with van der Waals surface area (Å²) in [6.45, 7) is 4.48. The summed E-state index contributed by atoms with van der Waals surface area (Å²) in [7, 11) is 0. The molecule has 0 aliphatic heterocycles. The van der Waals surface area contributed by atoms with E-state index in [1.165, 1.54) is 0 Å². The summed E-state index contributed by atoms with van der Waals surface area (Å²) in [6.07, 6.45) is 4.69. The van der Waals surface area contributed by atoms with Crippen LogP contribution in [0.2, 0.25) is 0 Å². The van der Waals surface area contributed by atoms with Gasteiger partial charge in [0.25, 0.3) is 0 Å². The first-order valence-electron chi connectivity index (χ1n) is 11.4. The molecule has 0 saturated carbocycles. The molecule has 34 heavy (non-hydrogen) atoms. The van der Waals surface area contributed by atoms with E-state index in [-0.39, 0.29) is 0 Å². The van der Waals surface area contributed by atoms with Crippen LogP contribution in [0.4, 0.5) is 0 Å². The lowest BCUT2D eigenvalue weighted by Crippen LogP contribution is -2.02. The second-order valence-electron chi connectivity index (χ2n) is 7.39. The summed E-state index contributed by atoms with van der Waals surface area (Å²) in [5.74, 6) is 1.48. The Kier molecular flexibility index (Phi) is 7.74. The van der Waals surface area contributed by atoms with Crippen LogP contribution in [0.1, 0.15) is 42.1 Å². The van der Waals surface area contributed by atoms with E-state index in [4.69, 9.17) is 4.74 Å². The molecule has 0 amide bonds. The maximum absolute atomic E-state index is 6.02. The van der Waals surface area contributed by atoms with Crippen molar-refractivity contribution in [3.63, 3.8) is 0 Å². The van der Waals surface area contributed by atoms with Crippen molar-refractivity contribution in [3.8, 4) is 5.75 Å². The molecular formula is C28H27N5O. The number of hydrogen-bond acceptors (Lipinski definition) is 5. The number of H-pyrrole nitrogens is 1. The summed E-state index contributed by atoms with van der Waals surface area (Å²) < 4.78 is 6.02. The van der Waals surface area contributed by atoms with Crippen LogP contribution in [0, 0.1) is 0 Å². The van der Waals surface area contributed by atoms with Gasteiger partial charge in [-0.1, -0.05) is 85.8 Å². The fourth-order valence-electron chi connectivity index (χ4n) is 3.49. The standard InChI is InChI=1S/C26H21N5O.C2H6/c1-2-7-22(21(6-1)17-26-28-30-31-29-26)18-32-24-15-10-19(11-16-24)9-13-23-14-12-20-5-3-4-8-25(20)27-23;1-2/h1-16H,17-18H2,(H,28,29,30,31);1-2H3/b13-9+;. The SMILES string of the molecule is C(=C\c1ccc2ccccc2n1)/c1ccc(OCc2ccccc2Cc2nn[nH]n2)cc1.CC. The molecule has 0 atom stereocenters. The summed E-state index contributed by atoms with van der Waals surface area (Å²) in [6, 6.07) is 28.4. The average molecular weight is 450 g/mol. The maximum Gasteiger partial charge on any atom is 0.178 e. The number of hydrogen-bond donors (Lipinski definition) is 1. The zero-order valence-electron chi connectivity index (χ0n) is 19.3. The molecule has 5 rings (SSSR count). The molecule has 170 valence electrons. The Morgan fingerprint density at radius 3 is 2.35 bits per heavy atom. The van der Waals surface area contributed by atoms with Crippen LogP contribution in [-0.2, 0) is 13.0 Å². The Bertz CT molecular complexity index is 1350. The smallest absolute Gasteiger partial charge is 0.178 e. The summed E-state index contributed by atoms with van der Waals surface area (Å²) in [5.41, 5.74) is 5.24. The number of para-hydroxylation sites is 1. The Morgan fingerprint density at radius 1 is 0.794 bits per heavy atom. The summed E-state index contributed by atoms with van der Waals surface area (Å²) in [4.78, 5) is 4.68. The minimum Gasteiger partial charge on any atom is -0.489 e. The van der Waals surface area contributed by atoms with Gasteiger partial charge in [0.15, 0.2) is 5.82 Å². The average Bonchev–Trinajstić information content (AvgIpc) is 3.42. The molecule has 0 saturated heterocycles. The number of nitrogens with zero attached hydrogens (tertiary/aromatic N) is 4. The number of tetrazole rings is 1. The van der Waals surface area contributed by atoms with Crippen molar-refractivity contribution >= 4 is 23.1 Å². The predicted octanol–water partition coefficient (Wildman–Crippen LogP) is 6.11. The van der Waals surface area contributed by atoms with Gasteiger partial charge in [0, 0.05) is 11.8 Å². The lowest BCUT2D eigenvalue weighted by atomic mass is 10.1. The molecule has 3 aromatic carbocycles. The third-order valence-electron chi connectivity index (χ3n) is 5.20. The number of nitrogens with one attached hydrogen (secondary N) is 1. The number of aromatic nitrogens is 5. The number of rotatable bonds is 7. The quantitative estimate of drug-likeness (QED) is 0.324. The van der Waals surface area contributed by atoms with E-state index in [2.05, 4.69) is 55.9 Å². The number of fused-ring (bicyclic) bond motifs is 1. The van der Waals surface area contributed by atoms with Crippen LogP contribution >= 0.6 is 0 Å². The largest absolute Gasteiger partial charge is 0.489 e. The highest BCUT2D eigenvalue weighted by Gasteiger charge is 2.07. The van der Waals surface area contributed by atoms with Crippen LogP contribution in [0.25, 0.3) is 23.1 Å². The Morgan fingerprint density at radius 2 is 1.56 bits per heavy atom. The van der Waals surface area contributed by atoms with E-state index in [1.54, 1.807) is 0 Å². The molecule has 6 heteroatoms. The summed E-state index contributed by atoms with van der Waals surface area (Å²) >= 11 is 0. The first-order chi connectivity index (χ1) is 16.8. The number of aromatic amines is 1. The first kappa shape index (κ1) is 22.9. The van der Waals surface area contributed by atoms with Crippen molar-refractivity contribution in [3.05, 3.63) is 113 Å². The van der Waals surface area contributed by atoms with E-state index >= 15 is 0 Å². The van der Waals surface area contributed by atoms with Crippen molar-refractivity contribution in [2.75, 3.05) is 0 Å². The van der Waals surface area contributed by atoms with Crippen LogP contribution in [0.3, 0.4) is 0 Å². The molecule has 5 aromatic rings. The van der Waals surface area contributed by atoms with E-state index in [0.29, 0.717) is 18.9 Å². The zero-order valence-corrected chi connectivity index (χ0v) is 19.3. The van der Waals surface area contributed by atoms with Crippen molar-refractivity contribution in [2.45, 2.75) is 26.9 Å². The van der Waals surface area contributed by atoms with Gasteiger partial charge in [-0.25, -0.2) is 4.98 Å². The van der Waals surface area contributed by atoms with Gasteiger partial charge in [0.1, 0.15) is 12.4 Å². The molecule has 0 fully saturated rings. The van der Waals surface area contributed by atoms with Gasteiger partial charge in [-0.05, 0) is 47.0 Å². The molecule has 0 spiro atoms. The molecule has 0 unspecified atom stereocenters. The minimum atomic E-state index is 0.476. The van der Waals surface area contributed by atoms with Crippen molar-refractivity contribution in [1.29, 1.82) is 0 Å². The fraction of sp³-hybridized carbons (Fsp3) is 0.143. The van der Waals surface area contributed by atoms with Crippen LogP contribution < -0.4 is 4.74 Å². The third-order valence-corrected chi connectivity index (χ3v) is 5.20. The number of ether oxygens (including phenoxy) is 1. The van der Waals surface area contributed by atoms with Gasteiger partial charge in [0.05, 0.1) is 11.2 Å². The molecule has 1 N–H and O–H groups in total. The van der Waals surface area contributed by atoms with Gasteiger partial charge >= 0.3 is 0 Å². The Hall–Kier alpha value is -4.32. The monoisotopic (exact) mass is 449 g/mol. The highest BCUT2D eigenvalue weighted by molar-refractivity contribution is 5.80. The number of pyridine rings is 1. The predicted molar refractivity (Wildman–Crippen MR) is 136 cm³/mol. The maximum atomic E-state index is 6.02. The zero-order chi connectivity index (χ0) is 23.6. The van der Waals surface area contributed by atoms with Gasteiger partial charge in [-0.3, -0.25) is 0 Å². The van der Waals surface area contributed by atoms with Gasteiger partial charge < -0.3 is 4.74 Å². The normalized spacial score (nSPS) is 10.8. The molecule has 0 radical (unpaired) electrons. The van der Waals surface area contributed by atoms with E-state index in [9.17, 15) is 0 Å². The highest BCUT2D eigenvalue weighted by Crippen LogP contribution is 2.19. The van der Waals surface area contributed by atoms with E-state index in [0.717, 1.165) is 39.0 Å². The number of benzene rings is 3. The Labute approximate surface area is 199 Å². The van der Waals surface area contributed by atoms with E-state index < -0.39 is 0 Å². The molecule has 6 nitrogen and oxygen atoms in total. The molecule has 0 aliphatic rings. The first-order valence-corrected chi connectivity index (χ1v) is 11.4. The minimum absolute atomic E-state index is 0.476. The van der Waals surface area contributed by atoms with Gasteiger partial charge in [0.2, 0.25) is 0 Å². The molecule has 2 aromatic heterocycles. The van der Waals surface area contributed by atoms with Gasteiger partial charge in [-0.15, -0.1) is 10.2 Å². The second-order valence-corrected chi connectivity index (χ2v) is 7.39. The fourth-order valence-corrected chi connectivity index (χ4v) is 3.49. The Balaban J connectivity index is 0.00000133. The molecule has 0 bridgehead atoms. The van der Waals surface area contributed by atoms with Crippen LogP contribution in [-0.4, -0.2) is 25.6 Å². The van der Waals surface area contributed by atoms with Crippen LogP contribution in [0.5, 0.6) is 5.75 Å². The second kappa shape index (κ2) is 11.5. The summed E-state index contributed by atoms with van der Waals surface area (Å²) in [5, 5.41) is 15.3. The van der Waals surface area contributed by atoms with Crippen molar-refractivity contribution in [2.24, 2.45) is 0 Å². The molecular weight excluding hydrogens is 422 g/mol. The van der Waals surface area contributed by atoms with Crippen LogP contribution in [0.15, 0.2) is 84.9 Å². The van der Waals surface area contributed by atoms with Gasteiger partial charge in [-0.2, -0.15) is 5.21 Å². The highest BCUT2D eigenvalue weighted by atomic mass is 16.5. The van der Waals surface area contributed by atoms with E-state index in [1.807, 2.05) is 80.6 Å². The van der Waals surface area contributed by atoms with Crippen molar-refractivity contribution in [1.82, 2.24) is 25.6 Å². The van der Waals surface area contributed by atoms with Crippen molar-refractivity contribution < 1.29 is 4.74 Å². The molecule has 0 aliphatic carbocycles. The molecule has 2 heterocycles. The lowest BCUT2D eigenvalue weighted by Gasteiger charge is -2.10. The topological polar surface area (TPSA) is 76.6 Å². The third kappa shape index (κ3) is 5.92.